The summed E-state index contributed by atoms with van der Waals surface area (Å²) >= 11 is 13.2. The van der Waals surface area contributed by atoms with Crippen LogP contribution in [0.15, 0.2) is 48.5 Å². The van der Waals surface area contributed by atoms with Gasteiger partial charge in [-0.05, 0) is 106 Å². The Bertz CT molecular complexity index is 2000. The number of benzene rings is 3. The fourth-order valence-electron chi connectivity index (χ4n) is 6.70. The molecule has 0 saturated heterocycles. The topological polar surface area (TPSA) is 89.6 Å². The second kappa shape index (κ2) is 12.5. The molecule has 46 heavy (non-hydrogen) atoms. The molecule has 0 radical (unpaired) electrons. The minimum absolute atomic E-state index is 0.136. The molecular formula is C36H36Cl2N4O4. The summed E-state index contributed by atoms with van der Waals surface area (Å²) in [6.07, 6.45) is 1.91. The molecule has 0 atom stereocenters. The van der Waals surface area contributed by atoms with Gasteiger partial charge in [-0.15, -0.1) is 0 Å². The van der Waals surface area contributed by atoms with E-state index in [4.69, 9.17) is 27.9 Å². The molecule has 2 aromatic heterocycles. The van der Waals surface area contributed by atoms with Gasteiger partial charge in [0.2, 0.25) is 0 Å². The van der Waals surface area contributed by atoms with Gasteiger partial charge in [0, 0.05) is 58.1 Å². The number of amides is 1. The van der Waals surface area contributed by atoms with E-state index < -0.39 is 5.97 Å². The number of anilines is 1. The SMILES string of the molecule is Cc1cc(OCCCc2c3n(c4c(-c5c(C)nn(C)c5C)cc(Cl)cc24)CCCN(c2cccc(C(=O)O)c2)C3=O)cc(C)c1Cl. The van der Waals surface area contributed by atoms with Gasteiger partial charge in [-0.2, -0.15) is 5.10 Å². The van der Waals surface area contributed by atoms with E-state index in [2.05, 4.69) is 9.67 Å². The van der Waals surface area contributed by atoms with Gasteiger partial charge in [0.15, 0.2) is 0 Å². The van der Waals surface area contributed by atoms with Crippen LogP contribution in [0.4, 0.5) is 5.69 Å². The molecule has 3 heterocycles. The number of nitrogens with zero attached hydrogens (tertiary/aromatic N) is 4. The number of carboxylic acid groups (broad SMARTS) is 1. The van der Waals surface area contributed by atoms with Gasteiger partial charge in [0.1, 0.15) is 11.4 Å². The molecule has 0 bridgehead atoms. The molecule has 1 aliphatic rings. The van der Waals surface area contributed by atoms with Gasteiger partial charge in [-0.1, -0.05) is 29.3 Å². The number of rotatable bonds is 8. The Kier molecular flexibility index (Phi) is 8.61. The van der Waals surface area contributed by atoms with Gasteiger partial charge in [0.05, 0.1) is 23.4 Å². The molecule has 10 heteroatoms. The first-order valence-corrected chi connectivity index (χ1v) is 16.1. The van der Waals surface area contributed by atoms with Crippen molar-refractivity contribution < 1.29 is 19.4 Å². The maximum atomic E-state index is 14.6. The number of hydrogen-bond donors (Lipinski definition) is 1. The molecule has 1 amide bonds. The highest BCUT2D eigenvalue weighted by molar-refractivity contribution is 6.32. The molecule has 0 unspecified atom stereocenters. The molecule has 3 aromatic carbocycles. The second-order valence-electron chi connectivity index (χ2n) is 12.0. The van der Waals surface area contributed by atoms with Crippen LogP contribution in [0.5, 0.6) is 5.75 Å². The average Bonchev–Trinajstić information content (AvgIpc) is 3.38. The van der Waals surface area contributed by atoms with Gasteiger partial charge in [-0.3, -0.25) is 9.48 Å². The minimum atomic E-state index is -1.04. The van der Waals surface area contributed by atoms with E-state index in [9.17, 15) is 14.7 Å². The van der Waals surface area contributed by atoms with Crippen LogP contribution < -0.4 is 9.64 Å². The fraction of sp³-hybridized carbons (Fsp3) is 0.306. The third kappa shape index (κ3) is 5.65. The number of aromatic nitrogens is 3. The van der Waals surface area contributed by atoms with Crippen molar-refractivity contribution >= 4 is 51.7 Å². The molecule has 0 fully saturated rings. The summed E-state index contributed by atoms with van der Waals surface area (Å²) in [7, 11) is 1.92. The van der Waals surface area contributed by atoms with Crippen molar-refractivity contribution in [2.45, 2.75) is 53.5 Å². The Labute approximate surface area is 278 Å². The third-order valence-electron chi connectivity index (χ3n) is 8.87. The van der Waals surface area contributed by atoms with E-state index >= 15 is 0 Å². The largest absolute Gasteiger partial charge is 0.494 e. The Morgan fingerprint density at radius 1 is 1.02 bits per heavy atom. The predicted octanol–water partition coefficient (Wildman–Crippen LogP) is 8.34. The lowest BCUT2D eigenvalue weighted by molar-refractivity contribution is 0.0696. The zero-order valence-electron chi connectivity index (χ0n) is 26.6. The highest BCUT2D eigenvalue weighted by atomic mass is 35.5. The summed E-state index contributed by atoms with van der Waals surface area (Å²) in [6.45, 7) is 9.45. The standard InChI is InChI=1S/C36H36Cl2N4O4/c1-20-15-27(16-21(2)32(20)38)46-14-7-11-28-29-18-25(37)19-30(31-22(3)39-40(5)23(31)4)33(29)42-13-8-12-41(35(43)34(28)42)26-10-6-9-24(17-26)36(44)45/h6,9-10,15-19H,7-8,11-14H2,1-5H3,(H,44,45). The van der Waals surface area contributed by atoms with Crippen LogP contribution in [0.2, 0.25) is 10.0 Å². The summed E-state index contributed by atoms with van der Waals surface area (Å²) in [6, 6.07) is 14.4. The first kappa shape index (κ1) is 31.7. The van der Waals surface area contributed by atoms with Crippen LogP contribution in [0.25, 0.3) is 22.0 Å². The van der Waals surface area contributed by atoms with Crippen LogP contribution in [-0.4, -0.2) is 44.5 Å². The lowest BCUT2D eigenvalue weighted by atomic mass is 9.98. The quantitative estimate of drug-likeness (QED) is 0.169. The predicted molar refractivity (Wildman–Crippen MR) is 183 cm³/mol. The van der Waals surface area contributed by atoms with Gasteiger partial charge < -0.3 is 19.3 Å². The Balaban J connectivity index is 1.47. The van der Waals surface area contributed by atoms with Crippen molar-refractivity contribution in [1.82, 2.24) is 14.3 Å². The number of carbonyl (C=O) groups excluding carboxylic acids is 1. The van der Waals surface area contributed by atoms with Crippen LogP contribution in [0, 0.1) is 27.7 Å². The summed E-state index contributed by atoms with van der Waals surface area (Å²) in [4.78, 5) is 28.1. The number of hydrogen-bond acceptors (Lipinski definition) is 4. The third-order valence-corrected chi connectivity index (χ3v) is 9.68. The lowest BCUT2D eigenvalue weighted by Gasteiger charge is -2.21. The molecule has 6 rings (SSSR count). The monoisotopic (exact) mass is 658 g/mol. The molecule has 0 aliphatic carbocycles. The van der Waals surface area contributed by atoms with Gasteiger partial charge >= 0.3 is 5.97 Å². The number of fused-ring (bicyclic) bond motifs is 3. The highest BCUT2D eigenvalue weighted by Crippen LogP contribution is 2.41. The summed E-state index contributed by atoms with van der Waals surface area (Å²) in [5.74, 6) is -0.447. The van der Waals surface area contributed by atoms with E-state index in [1.807, 2.05) is 63.7 Å². The van der Waals surface area contributed by atoms with Crippen LogP contribution in [0.1, 0.15) is 61.8 Å². The smallest absolute Gasteiger partial charge is 0.335 e. The Morgan fingerprint density at radius 2 is 1.76 bits per heavy atom. The number of aromatic carboxylic acids is 1. The molecule has 0 saturated carbocycles. The average molecular weight is 660 g/mol. The van der Waals surface area contributed by atoms with E-state index in [1.165, 1.54) is 6.07 Å². The summed E-state index contributed by atoms with van der Waals surface area (Å²) in [5.41, 5.74) is 8.89. The Morgan fingerprint density at radius 3 is 2.43 bits per heavy atom. The minimum Gasteiger partial charge on any atom is -0.494 e. The molecule has 1 N–H and O–H groups in total. The summed E-state index contributed by atoms with van der Waals surface area (Å²) in [5, 5.41) is 16.5. The van der Waals surface area contributed by atoms with Crippen LogP contribution >= 0.6 is 23.2 Å². The van der Waals surface area contributed by atoms with Crippen molar-refractivity contribution in [3.8, 4) is 16.9 Å². The number of carbonyl (C=O) groups is 2. The van der Waals surface area contributed by atoms with E-state index in [0.717, 1.165) is 60.9 Å². The number of ether oxygens (including phenoxy) is 1. The first-order valence-electron chi connectivity index (χ1n) is 15.4. The first-order chi connectivity index (χ1) is 22.0. The van der Waals surface area contributed by atoms with Gasteiger partial charge in [0.25, 0.3) is 5.91 Å². The van der Waals surface area contributed by atoms with Crippen molar-refractivity contribution in [3.63, 3.8) is 0 Å². The maximum Gasteiger partial charge on any atom is 0.335 e. The van der Waals surface area contributed by atoms with E-state index in [0.29, 0.717) is 55.4 Å². The van der Waals surface area contributed by atoms with Gasteiger partial charge in [-0.25, -0.2) is 4.79 Å². The highest BCUT2D eigenvalue weighted by Gasteiger charge is 2.32. The van der Waals surface area contributed by atoms with Crippen LogP contribution in [-0.2, 0) is 20.0 Å². The van der Waals surface area contributed by atoms with Crippen molar-refractivity contribution in [2.24, 2.45) is 7.05 Å². The molecule has 5 aromatic rings. The molecule has 238 valence electrons. The van der Waals surface area contributed by atoms with Crippen LogP contribution in [0.3, 0.4) is 0 Å². The normalized spacial score (nSPS) is 13.3. The second-order valence-corrected chi connectivity index (χ2v) is 12.8. The zero-order chi connectivity index (χ0) is 32.9. The maximum absolute atomic E-state index is 14.6. The zero-order valence-corrected chi connectivity index (χ0v) is 28.1. The van der Waals surface area contributed by atoms with Crippen molar-refractivity contribution in [1.29, 1.82) is 0 Å². The van der Waals surface area contributed by atoms with Crippen molar-refractivity contribution in [3.05, 3.63) is 97.9 Å². The lowest BCUT2D eigenvalue weighted by Crippen LogP contribution is -2.31. The van der Waals surface area contributed by atoms with E-state index in [1.54, 1.807) is 23.1 Å². The van der Waals surface area contributed by atoms with Crippen molar-refractivity contribution in [2.75, 3.05) is 18.1 Å². The number of carboxylic acids is 1. The molecule has 1 aliphatic heterocycles. The fourth-order valence-corrected chi connectivity index (χ4v) is 7.02. The summed E-state index contributed by atoms with van der Waals surface area (Å²) < 4.78 is 10.2. The Hall–Kier alpha value is -4.27. The molecule has 8 nitrogen and oxygen atoms in total. The number of halogens is 2. The molecular weight excluding hydrogens is 623 g/mol. The number of aryl methyl sites for hydroxylation is 6. The van der Waals surface area contributed by atoms with E-state index in [-0.39, 0.29) is 11.5 Å². The molecule has 0 spiro atoms.